The van der Waals surface area contributed by atoms with Gasteiger partial charge in [0.2, 0.25) is 0 Å². The van der Waals surface area contributed by atoms with Crippen LogP contribution in [0.15, 0.2) is 47.4 Å². The summed E-state index contributed by atoms with van der Waals surface area (Å²) in [6, 6.07) is 3.73. The van der Waals surface area contributed by atoms with E-state index in [4.69, 9.17) is 9.47 Å². The SMILES string of the molecule is CCCCCCCCCCCCC/C=C/CCCCCOC(=O)c1cccc(S(=O)(=O)O)c1C(=O)OCCCCC/C=C/CCCCCCCCCCCCC. The number of carbonyl (C=O) groups excluding carboxylic acids is 2. The summed E-state index contributed by atoms with van der Waals surface area (Å²) in [5, 5.41) is 0. The van der Waals surface area contributed by atoms with Gasteiger partial charge in [0.05, 0.1) is 24.3 Å². The molecular weight excluding hydrogens is 721 g/mol. The molecule has 0 saturated carbocycles. The van der Waals surface area contributed by atoms with Crippen molar-refractivity contribution in [2.75, 3.05) is 13.2 Å². The van der Waals surface area contributed by atoms with E-state index in [9.17, 15) is 22.6 Å². The van der Waals surface area contributed by atoms with Crippen LogP contribution < -0.4 is 0 Å². The summed E-state index contributed by atoms with van der Waals surface area (Å²) in [5.74, 6) is -1.77. The minimum atomic E-state index is -4.78. The molecule has 1 rings (SSSR count). The van der Waals surface area contributed by atoms with E-state index in [0.29, 0.717) is 12.8 Å². The molecule has 7 nitrogen and oxygen atoms in total. The maximum absolute atomic E-state index is 13.0. The van der Waals surface area contributed by atoms with Gasteiger partial charge in [0.25, 0.3) is 10.1 Å². The van der Waals surface area contributed by atoms with Gasteiger partial charge in [0.1, 0.15) is 4.90 Å². The van der Waals surface area contributed by atoms with Crippen LogP contribution in [0.5, 0.6) is 0 Å². The van der Waals surface area contributed by atoms with E-state index in [1.807, 2.05) is 0 Å². The summed E-state index contributed by atoms with van der Waals surface area (Å²) in [7, 11) is -4.78. The second kappa shape index (κ2) is 36.9. The first-order valence-corrected chi connectivity index (χ1v) is 24.5. The molecule has 0 saturated heterocycles. The number of benzene rings is 1. The number of carbonyl (C=O) groups is 2. The number of hydrogen-bond acceptors (Lipinski definition) is 6. The maximum Gasteiger partial charge on any atom is 0.340 e. The molecule has 322 valence electrons. The van der Waals surface area contributed by atoms with Gasteiger partial charge in [0.15, 0.2) is 0 Å². The molecule has 0 aliphatic carbocycles. The molecule has 1 N–H and O–H groups in total. The highest BCUT2D eigenvalue weighted by molar-refractivity contribution is 7.86. The molecule has 0 atom stereocenters. The average Bonchev–Trinajstić information content (AvgIpc) is 3.18. The Kier molecular flexibility index (Phi) is 33.9. The van der Waals surface area contributed by atoms with E-state index in [-0.39, 0.29) is 18.8 Å². The first kappa shape index (κ1) is 51.6. The van der Waals surface area contributed by atoms with Gasteiger partial charge in [-0.25, -0.2) is 9.59 Å². The van der Waals surface area contributed by atoms with Crippen LogP contribution in [0.2, 0.25) is 0 Å². The van der Waals surface area contributed by atoms with Gasteiger partial charge < -0.3 is 9.47 Å². The highest BCUT2D eigenvalue weighted by Gasteiger charge is 2.28. The summed E-state index contributed by atoms with van der Waals surface area (Å²) in [5.41, 5.74) is -0.702. The van der Waals surface area contributed by atoms with Crippen LogP contribution in [0.25, 0.3) is 0 Å². The standard InChI is InChI=1S/C48H82O7S/c1-3-5-7-9-11-13-15-17-19-21-23-25-27-29-31-33-35-37-42-54-47(49)44-40-39-41-45(56(51,52)53)46(44)48(50)55-43-38-36-34-32-30-28-26-24-22-20-18-16-14-12-10-8-6-4-2/h27-30,39-41H,3-26,31-38,42-43H2,1-2H3,(H,51,52,53)/b29-27+,30-28+. The molecule has 56 heavy (non-hydrogen) atoms. The van der Waals surface area contributed by atoms with Crippen molar-refractivity contribution in [3.63, 3.8) is 0 Å². The van der Waals surface area contributed by atoms with Gasteiger partial charge in [-0.1, -0.05) is 173 Å². The number of hydrogen-bond donors (Lipinski definition) is 1. The van der Waals surface area contributed by atoms with Crippen LogP contribution in [-0.2, 0) is 19.6 Å². The van der Waals surface area contributed by atoms with E-state index in [2.05, 4.69) is 38.2 Å². The topological polar surface area (TPSA) is 107 Å². The third kappa shape index (κ3) is 28.9. The van der Waals surface area contributed by atoms with Gasteiger partial charge in [-0.15, -0.1) is 0 Å². The lowest BCUT2D eigenvalue weighted by atomic mass is 10.1. The van der Waals surface area contributed by atoms with E-state index in [0.717, 1.165) is 57.4 Å². The fraction of sp³-hybridized carbons (Fsp3) is 0.750. The molecule has 1 aromatic rings. The molecule has 0 amide bonds. The Morgan fingerprint density at radius 3 is 1.16 bits per heavy atom. The summed E-state index contributed by atoms with van der Waals surface area (Å²) in [4.78, 5) is 25.4. The monoisotopic (exact) mass is 803 g/mol. The van der Waals surface area contributed by atoms with Crippen molar-refractivity contribution in [1.29, 1.82) is 0 Å². The lowest BCUT2D eigenvalue weighted by Gasteiger charge is -2.12. The van der Waals surface area contributed by atoms with E-state index >= 15 is 0 Å². The van der Waals surface area contributed by atoms with E-state index < -0.39 is 32.5 Å². The molecule has 0 fully saturated rings. The third-order valence-electron chi connectivity index (χ3n) is 10.5. The summed E-state index contributed by atoms with van der Waals surface area (Å²) in [6.45, 7) is 4.76. The fourth-order valence-corrected chi connectivity index (χ4v) is 7.71. The molecule has 0 bridgehead atoms. The predicted octanol–water partition coefficient (Wildman–Crippen LogP) is 14.9. The largest absolute Gasteiger partial charge is 0.462 e. The molecule has 8 heteroatoms. The summed E-state index contributed by atoms with van der Waals surface area (Å²) >= 11 is 0. The van der Waals surface area contributed by atoms with Crippen molar-refractivity contribution >= 4 is 22.1 Å². The molecule has 0 unspecified atom stereocenters. The number of allylic oxidation sites excluding steroid dienone is 4. The summed E-state index contributed by atoms with van der Waals surface area (Å²) < 4.78 is 44.8. The van der Waals surface area contributed by atoms with Crippen LogP contribution in [-0.4, -0.2) is 38.1 Å². The number of unbranched alkanes of at least 4 members (excludes halogenated alkanes) is 28. The lowest BCUT2D eigenvalue weighted by Crippen LogP contribution is -2.19. The minimum Gasteiger partial charge on any atom is -0.462 e. The second-order valence-electron chi connectivity index (χ2n) is 15.7. The van der Waals surface area contributed by atoms with Crippen LogP contribution in [0.1, 0.15) is 240 Å². The minimum absolute atomic E-state index is 0.0866. The summed E-state index contributed by atoms with van der Waals surface area (Å²) in [6.07, 6.45) is 47.8. The molecule has 0 heterocycles. The molecular formula is C48H82O7S. The number of ether oxygens (including phenoxy) is 2. The van der Waals surface area contributed by atoms with Crippen molar-refractivity contribution in [1.82, 2.24) is 0 Å². The highest BCUT2D eigenvalue weighted by atomic mass is 32.2. The van der Waals surface area contributed by atoms with Crippen molar-refractivity contribution in [3.8, 4) is 0 Å². The van der Waals surface area contributed by atoms with Crippen molar-refractivity contribution in [2.24, 2.45) is 0 Å². The van der Waals surface area contributed by atoms with Crippen LogP contribution >= 0.6 is 0 Å². The van der Waals surface area contributed by atoms with Gasteiger partial charge in [-0.2, -0.15) is 8.42 Å². The zero-order chi connectivity index (χ0) is 40.8. The van der Waals surface area contributed by atoms with Gasteiger partial charge >= 0.3 is 11.9 Å². The number of rotatable bonds is 39. The second-order valence-corrected chi connectivity index (χ2v) is 17.1. The van der Waals surface area contributed by atoms with Crippen LogP contribution in [0.3, 0.4) is 0 Å². The van der Waals surface area contributed by atoms with Crippen molar-refractivity contribution in [3.05, 3.63) is 53.6 Å². The van der Waals surface area contributed by atoms with Crippen molar-refractivity contribution in [2.45, 2.75) is 224 Å². The van der Waals surface area contributed by atoms with E-state index in [1.54, 1.807) is 0 Å². The Labute approximate surface area is 344 Å². The molecule has 0 aliphatic heterocycles. The Balaban J connectivity index is 2.23. The molecule has 0 radical (unpaired) electrons. The molecule has 0 spiro atoms. The van der Waals surface area contributed by atoms with Gasteiger partial charge in [-0.05, 0) is 89.2 Å². The van der Waals surface area contributed by atoms with Gasteiger partial charge in [-0.3, -0.25) is 4.55 Å². The average molecular weight is 803 g/mol. The first-order valence-electron chi connectivity index (χ1n) is 23.1. The fourth-order valence-electron chi connectivity index (χ4n) is 7.01. The van der Waals surface area contributed by atoms with Crippen LogP contribution in [0, 0.1) is 0 Å². The lowest BCUT2D eigenvalue weighted by molar-refractivity contribution is 0.0447. The zero-order valence-corrected chi connectivity index (χ0v) is 36.7. The van der Waals surface area contributed by atoms with Crippen molar-refractivity contribution < 1.29 is 32.0 Å². The van der Waals surface area contributed by atoms with E-state index in [1.165, 1.54) is 153 Å². The smallest absolute Gasteiger partial charge is 0.340 e. The molecule has 0 aliphatic rings. The highest BCUT2D eigenvalue weighted by Crippen LogP contribution is 2.23. The predicted molar refractivity (Wildman–Crippen MR) is 234 cm³/mol. The third-order valence-corrected chi connectivity index (χ3v) is 11.4. The zero-order valence-electron chi connectivity index (χ0n) is 35.9. The Morgan fingerprint density at radius 1 is 0.482 bits per heavy atom. The maximum atomic E-state index is 13.0. The molecule has 0 aromatic heterocycles. The Hall–Kier alpha value is -2.45. The number of esters is 2. The normalized spacial score (nSPS) is 11.9. The first-order chi connectivity index (χ1) is 27.3. The quantitative estimate of drug-likeness (QED) is 0.0306. The van der Waals surface area contributed by atoms with Crippen LogP contribution in [0.4, 0.5) is 0 Å². The Bertz CT molecular complexity index is 1270. The molecule has 1 aromatic carbocycles. The van der Waals surface area contributed by atoms with Gasteiger partial charge in [0, 0.05) is 0 Å². The Morgan fingerprint density at radius 2 is 0.804 bits per heavy atom.